The van der Waals surface area contributed by atoms with E-state index in [-0.39, 0.29) is 0 Å². The molecule has 0 spiro atoms. The molecule has 0 aliphatic heterocycles. The van der Waals surface area contributed by atoms with Crippen LogP contribution in [0.15, 0.2) is 48.5 Å². The van der Waals surface area contributed by atoms with Crippen LogP contribution in [0.1, 0.15) is 24.2 Å². The summed E-state index contributed by atoms with van der Waals surface area (Å²) in [6, 6.07) is 15.2. The zero-order valence-corrected chi connectivity index (χ0v) is 10.9. The molecule has 1 N–H and O–H groups in total. The van der Waals surface area contributed by atoms with Gasteiger partial charge in [0.1, 0.15) is 12.4 Å². The predicted octanol–water partition coefficient (Wildman–Crippen LogP) is 3.97. The number of hydrogen-bond acceptors (Lipinski definition) is 2. The lowest BCUT2D eigenvalue weighted by Gasteiger charge is -2.13. The Morgan fingerprint density at radius 3 is 2.56 bits per heavy atom. The maximum Gasteiger partial charge on any atom is 0.125 e. The van der Waals surface area contributed by atoms with E-state index in [1.165, 1.54) is 0 Å². The van der Waals surface area contributed by atoms with Crippen molar-refractivity contribution in [2.45, 2.75) is 19.6 Å². The Bertz CT molecular complexity index is 509. The first-order valence-corrected chi connectivity index (χ1v) is 6.19. The van der Waals surface area contributed by atoms with E-state index in [2.05, 4.69) is 0 Å². The normalized spacial score (nSPS) is 12.2. The Labute approximate surface area is 112 Å². The van der Waals surface area contributed by atoms with Gasteiger partial charge in [-0.2, -0.15) is 0 Å². The van der Waals surface area contributed by atoms with Crippen LogP contribution >= 0.6 is 11.6 Å². The van der Waals surface area contributed by atoms with Gasteiger partial charge in [-0.1, -0.05) is 41.9 Å². The van der Waals surface area contributed by atoms with Crippen LogP contribution in [0.3, 0.4) is 0 Å². The van der Waals surface area contributed by atoms with E-state index in [9.17, 15) is 5.11 Å². The number of hydrogen-bond donors (Lipinski definition) is 1. The molecule has 1 atom stereocenters. The third kappa shape index (κ3) is 3.25. The van der Waals surface area contributed by atoms with Gasteiger partial charge in [0, 0.05) is 10.6 Å². The van der Waals surface area contributed by atoms with Crippen LogP contribution in [0.2, 0.25) is 5.02 Å². The highest BCUT2D eigenvalue weighted by Crippen LogP contribution is 2.28. The van der Waals surface area contributed by atoms with Gasteiger partial charge in [-0.05, 0) is 30.7 Å². The molecule has 0 saturated heterocycles. The molecule has 2 nitrogen and oxygen atoms in total. The van der Waals surface area contributed by atoms with Gasteiger partial charge in [-0.3, -0.25) is 0 Å². The summed E-state index contributed by atoms with van der Waals surface area (Å²) in [5, 5.41) is 10.3. The van der Waals surface area contributed by atoms with Crippen molar-refractivity contribution in [3.8, 4) is 5.75 Å². The molecule has 0 aromatic heterocycles. The largest absolute Gasteiger partial charge is 0.489 e. The van der Waals surface area contributed by atoms with Crippen LogP contribution in [0.25, 0.3) is 0 Å². The van der Waals surface area contributed by atoms with E-state index in [4.69, 9.17) is 16.3 Å². The second-order valence-corrected chi connectivity index (χ2v) is 4.57. The number of rotatable bonds is 4. The Morgan fingerprint density at radius 2 is 1.89 bits per heavy atom. The molecule has 0 radical (unpaired) electrons. The quantitative estimate of drug-likeness (QED) is 0.903. The van der Waals surface area contributed by atoms with Gasteiger partial charge in [0.2, 0.25) is 0 Å². The summed E-state index contributed by atoms with van der Waals surface area (Å²) in [6.07, 6.45) is -0.602. The predicted molar refractivity (Wildman–Crippen MR) is 72.9 cm³/mol. The topological polar surface area (TPSA) is 29.5 Å². The zero-order chi connectivity index (χ0) is 13.0. The van der Waals surface area contributed by atoms with Crippen molar-refractivity contribution >= 4 is 11.6 Å². The molecule has 0 fully saturated rings. The molecule has 0 aliphatic carbocycles. The molecule has 2 aromatic rings. The van der Waals surface area contributed by atoms with Crippen molar-refractivity contribution in [2.75, 3.05) is 0 Å². The van der Waals surface area contributed by atoms with Crippen molar-refractivity contribution in [2.24, 2.45) is 0 Å². The van der Waals surface area contributed by atoms with Crippen molar-refractivity contribution < 1.29 is 9.84 Å². The fourth-order valence-corrected chi connectivity index (χ4v) is 1.89. The Balaban J connectivity index is 2.14. The van der Waals surface area contributed by atoms with Crippen LogP contribution < -0.4 is 4.74 Å². The number of aliphatic hydroxyl groups excluding tert-OH is 1. The molecule has 0 heterocycles. The molecule has 0 unspecified atom stereocenters. The molecule has 2 aromatic carbocycles. The van der Waals surface area contributed by atoms with E-state index < -0.39 is 6.10 Å². The summed E-state index contributed by atoms with van der Waals surface area (Å²) in [4.78, 5) is 0. The lowest BCUT2D eigenvalue weighted by molar-refractivity contribution is 0.190. The molecule has 0 bridgehead atoms. The monoisotopic (exact) mass is 262 g/mol. The maximum atomic E-state index is 9.69. The van der Waals surface area contributed by atoms with E-state index >= 15 is 0 Å². The highest BCUT2D eigenvalue weighted by atomic mass is 35.5. The number of halogens is 1. The van der Waals surface area contributed by atoms with Gasteiger partial charge in [0.15, 0.2) is 0 Å². The minimum atomic E-state index is -0.602. The van der Waals surface area contributed by atoms with E-state index in [0.29, 0.717) is 22.9 Å². The molecule has 94 valence electrons. The van der Waals surface area contributed by atoms with Gasteiger partial charge < -0.3 is 9.84 Å². The van der Waals surface area contributed by atoms with Crippen molar-refractivity contribution in [1.82, 2.24) is 0 Å². The standard InChI is InChI=1S/C15H15ClO2/c1-11(17)14-9-13(16)7-8-15(14)18-10-12-5-3-2-4-6-12/h2-9,11,17H,10H2,1H3/t11-/m0/s1. The van der Waals surface area contributed by atoms with E-state index in [0.717, 1.165) is 5.56 Å². The summed E-state index contributed by atoms with van der Waals surface area (Å²) < 4.78 is 5.72. The molecular weight excluding hydrogens is 248 g/mol. The molecular formula is C15H15ClO2. The lowest BCUT2D eigenvalue weighted by atomic mass is 10.1. The van der Waals surface area contributed by atoms with Crippen molar-refractivity contribution in [3.63, 3.8) is 0 Å². The Kier molecular flexibility index (Phi) is 4.24. The van der Waals surface area contributed by atoms with Crippen LogP contribution in [-0.4, -0.2) is 5.11 Å². The average molecular weight is 263 g/mol. The van der Waals surface area contributed by atoms with Crippen molar-refractivity contribution in [1.29, 1.82) is 0 Å². The summed E-state index contributed by atoms with van der Waals surface area (Å²) in [7, 11) is 0. The first kappa shape index (κ1) is 12.9. The highest BCUT2D eigenvalue weighted by Gasteiger charge is 2.10. The van der Waals surface area contributed by atoms with Gasteiger partial charge in [0.05, 0.1) is 6.10 Å². The van der Waals surface area contributed by atoms with Crippen molar-refractivity contribution in [3.05, 3.63) is 64.7 Å². The second-order valence-electron chi connectivity index (χ2n) is 4.13. The first-order chi connectivity index (χ1) is 8.66. The van der Waals surface area contributed by atoms with E-state index in [1.54, 1.807) is 25.1 Å². The van der Waals surface area contributed by atoms with Crippen LogP contribution in [0.4, 0.5) is 0 Å². The molecule has 18 heavy (non-hydrogen) atoms. The van der Waals surface area contributed by atoms with Crippen LogP contribution in [0.5, 0.6) is 5.75 Å². The van der Waals surface area contributed by atoms with Gasteiger partial charge in [0.25, 0.3) is 0 Å². The molecule has 0 saturated carbocycles. The summed E-state index contributed by atoms with van der Waals surface area (Å²) >= 11 is 5.91. The number of aliphatic hydroxyl groups is 1. The SMILES string of the molecule is C[C@H](O)c1cc(Cl)ccc1OCc1ccccc1. The van der Waals surface area contributed by atoms with Crippen LogP contribution in [0, 0.1) is 0 Å². The van der Waals surface area contributed by atoms with Gasteiger partial charge in [-0.15, -0.1) is 0 Å². The highest BCUT2D eigenvalue weighted by molar-refractivity contribution is 6.30. The maximum absolute atomic E-state index is 9.69. The fraction of sp³-hybridized carbons (Fsp3) is 0.200. The van der Waals surface area contributed by atoms with Gasteiger partial charge >= 0.3 is 0 Å². The molecule has 2 rings (SSSR count). The van der Waals surface area contributed by atoms with E-state index in [1.807, 2.05) is 30.3 Å². The summed E-state index contributed by atoms with van der Waals surface area (Å²) in [6.45, 7) is 2.17. The molecule has 0 amide bonds. The number of ether oxygens (including phenoxy) is 1. The lowest BCUT2D eigenvalue weighted by Crippen LogP contribution is -2.00. The minimum absolute atomic E-state index is 0.474. The third-order valence-electron chi connectivity index (χ3n) is 2.66. The first-order valence-electron chi connectivity index (χ1n) is 5.81. The molecule has 3 heteroatoms. The molecule has 0 aliphatic rings. The zero-order valence-electron chi connectivity index (χ0n) is 10.1. The average Bonchev–Trinajstić information content (AvgIpc) is 2.38. The summed E-state index contributed by atoms with van der Waals surface area (Å²) in [5.41, 5.74) is 1.79. The Hall–Kier alpha value is -1.51. The minimum Gasteiger partial charge on any atom is -0.489 e. The summed E-state index contributed by atoms with van der Waals surface area (Å²) in [5.74, 6) is 0.665. The number of benzene rings is 2. The third-order valence-corrected chi connectivity index (χ3v) is 2.89. The van der Waals surface area contributed by atoms with Gasteiger partial charge in [-0.25, -0.2) is 0 Å². The Morgan fingerprint density at radius 1 is 1.17 bits per heavy atom. The van der Waals surface area contributed by atoms with Crippen LogP contribution in [-0.2, 0) is 6.61 Å². The smallest absolute Gasteiger partial charge is 0.125 e. The second kappa shape index (κ2) is 5.89. The fourth-order valence-electron chi connectivity index (χ4n) is 1.71.